The highest BCUT2D eigenvalue weighted by atomic mass is 16.3. The van der Waals surface area contributed by atoms with Crippen molar-refractivity contribution in [1.82, 2.24) is 14.7 Å². The zero-order valence-electron chi connectivity index (χ0n) is 17.7. The van der Waals surface area contributed by atoms with Crippen molar-refractivity contribution in [1.29, 1.82) is 0 Å². The molecule has 2 heterocycles. The molecule has 1 unspecified atom stereocenters. The predicted octanol–water partition coefficient (Wildman–Crippen LogP) is 2.03. The first-order valence-electron chi connectivity index (χ1n) is 10.6. The number of carbonyl (C=O) groups is 3. The average molecular weight is 421 g/mol. The van der Waals surface area contributed by atoms with Gasteiger partial charge in [-0.25, -0.2) is 0 Å². The molecule has 0 spiro atoms. The molecule has 0 bridgehead atoms. The Morgan fingerprint density at radius 1 is 0.968 bits per heavy atom. The summed E-state index contributed by atoms with van der Waals surface area (Å²) in [6.45, 7) is 4.66. The first-order chi connectivity index (χ1) is 14.9. The number of amides is 3. The molecule has 3 amide bonds. The zero-order chi connectivity index (χ0) is 22.0. The highest BCUT2D eigenvalue weighted by Gasteiger charge is 2.37. The van der Waals surface area contributed by atoms with Crippen molar-refractivity contribution in [2.75, 3.05) is 32.7 Å². The van der Waals surface area contributed by atoms with Gasteiger partial charge in [-0.1, -0.05) is 42.0 Å². The van der Waals surface area contributed by atoms with Gasteiger partial charge >= 0.3 is 0 Å². The van der Waals surface area contributed by atoms with E-state index in [0.717, 1.165) is 5.56 Å². The number of phenolic OH excluding ortho intramolecular Hbond substituents is 1. The van der Waals surface area contributed by atoms with Crippen molar-refractivity contribution < 1.29 is 19.5 Å². The maximum Gasteiger partial charge on any atom is 0.257 e. The van der Waals surface area contributed by atoms with Gasteiger partial charge in [0.2, 0.25) is 11.8 Å². The van der Waals surface area contributed by atoms with E-state index >= 15 is 0 Å². The van der Waals surface area contributed by atoms with Gasteiger partial charge in [0.15, 0.2) is 0 Å². The van der Waals surface area contributed by atoms with Gasteiger partial charge in [-0.05, 0) is 24.6 Å². The molecule has 2 aromatic carbocycles. The van der Waals surface area contributed by atoms with Gasteiger partial charge in [-0.15, -0.1) is 0 Å². The van der Waals surface area contributed by atoms with Crippen molar-refractivity contribution in [3.63, 3.8) is 0 Å². The average Bonchev–Trinajstić information content (AvgIpc) is 3.15. The Morgan fingerprint density at radius 3 is 2.29 bits per heavy atom. The second-order valence-electron chi connectivity index (χ2n) is 8.30. The summed E-state index contributed by atoms with van der Waals surface area (Å²) >= 11 is 0. The maximum atomic E-state index is 13.0. The first kappa shape index (κ1) is 20.9. The van der Waals surface area contributed by atoms with Gasteiger partial charge in [-0.2, -0.15) is 0 Å². The number of aryl methyl sites for hydroxylation is 1. The molecule has 2 saturated heterocycles. The number of hydrogen-bond donors (Lipinski definition) is 1. The minimum Gasteiger partial charge on any atom is -0.507 e. The number of hydrogen-bond acceptors (Lipinski definition) is 4. The van der Waals surface area contributed by atoms with Crippen LogP contribution in [0.1, 0.15) is 27.9 Å². The normalized spacial score (nSPS) is 19.1. The Balaban J connectivity index is 1.31. The monoisotopic (exact) mass is 421 g/mol. The van der Waals surface area contributed by atoms with Crippen LogP contribution in [0.3, 0.4) is 0 Å². The molecule has 7 heteroatoms. The van der Waals surface area contributed by atoms with E-state index in [1.807, 2.05) is 31.2 Å². The van der Waals surface area contributed by atoms with Crippen LogP contribution in [0.4, 0.5) is 0 Å². The van der Waals surface area contributed by atoms with Crippen molar-refractivity contribution in [2.45, 2.75) is 19.9 Å². The molecule has 31 heavy (non-hydrogen) atoms. The molecule has 2 aliphatic heterocycles. The molecule has 0 radical (unpaired) electrons. The van der Waals surface area contributed by atoms with Crippen LogP contribution < -0.4 is 0 Å². The second kappa shape index (κ2) is 8.79. The lowest BCUT2D eigenvalue weighted by Gasteiger charge is -2.36. The highest BCUT2D eigenvalue weighted by Crippen LogP contribution is 2.24. The van der Waals surface area contributed by atoms with Crippen LogP contribution in [0.2, 0.25) is 0 Å². The summed E-state index contributed by atoms with van der Waals surface area (Å²) in [4.78, 5) is 43.3. The molecule has 2 fully saturated rings. The molecular weight excluding hydrogens is 394 g/mol. The molecule has 0 aromatic heterocycles. The highest BCUT2D eigenvalue weighted by molar-refractivity contribution is 5.97. The van der Waals surface area contributed by atoms with Gasteiger partial charge < -0.3 is 19.8 Å². The molecular formula is C24H27N3O4. The van der Waals surface area contributed by atoms with Crippen LogP contribution in [0.5, 0.6) is 5.75 Å². The number of benzene rings is 2. The van der Waals surface area contributed by atoms with Crippen molar-refractivity contribution >= 4 is 17.7 Å². The Morgan fingerprint density at radius 2 is 1.61 bits per heavy atom. The van der Waals surface area contributed by atoms with Crippen molar-refractivity contribution in [3.05, 3.63) is 65.2 Å². The lowest BCUT2D eigenvalue weighted by Crippen LogP contribution is -2.52. The molecule has 7 nitrogen and oxygen atoms in total. The fraction of sp³-hybridized carbons (Fsp3) is 0.375. The Labute approximate surface area is 181 Å². The minimum atomic E-state index is -0.335. The molecule has 2 aromatic rings. The molecule has 2 aliphatic rings. The molecule has 4 rings (SSSR count). The molecule has 0 aliphatic carbocycles. The molecule has 1 N–H and O–H groups in total. The molecule has 162 valence electrons. The summed E-state index contributed by atoms with van der Waals surface area (Å²) in [7, 11) is 0. The summed E-state index contributed by atoms with van der Waals surface area (Å²) in [6.07, 6.45) is 0.238. The number of aromatic hydroxyl groups is 1. The van der Waals surface area contributed by atoms with E-state index in [1.165, 1.54) is 11.6 Å². The molecule has 1 atom stereocenters. The number of likely N-dealkylation sites (tertiary alicyclic amines) is 1. The summed E-state index contributed by atoms with van der Waals surface area (Å²) in [6, 6.07) is 14.5. The van der Waals surface area contributed by atoms with Gasteiger partial charge in [0.25, 0.3) is 5.91 Å². The van der Waals surface area contributed by atoms with Crippen LogP contribution in [0.15, 0.2) is 48.5 Å². The van der Waals surface area contributed by atoms with Crippen LogP contribution in [-0.4, -0.2) is 70.3 Å². The van der Waals surface area contributed by atoms with Gasteiger partial charge in [0.1, 0.15) is 5.75 Å². The van der Waals surface area contributed by atoms with Crippen LogP contribution >= 0.6 is 0 Å². The fourth-order valence-corrected chi connectivity index (χ4v) is 4.22. The Bertz CT molecular complexity index is 981. The van der Waals surface area contributed by atoms with Crippen LogP contribution in [-0.2, 0) is 16.1 Å². The van der Waals surface area contributed by atoms with Crippen LogP contribution in [0, 0.1) is 12.8 Å². The van der Waals surface area contributed by atoms with Gasteiger partial charge in [0, 0.05) is 45.7 Å². The number of phenols is 1. The number of rotatable bonds is 4. The van der Waals surface area contributed by atoms with Crippen molar-refractivity contribution in [2.24, 2.45) is 5.92 Å². The van der Waals surface area contributed by atoms with Gasteiger partial charge in [-0.3, -0.25) is 14.4 Å². The van der Waals surface area contributed by atoms with E-state index in [4.69, 9.17) is 0 Å². The lowest BCUT2D eigenvalue weighted by atomic mass is 10.1. The van der Waals surface area contributed by atoms with E-state index in [9.17, 15) is 19.5 Å². The smallest absolute Gasteiger partial charge is 0.257 e. The standard InChI is InChI=1S/C24H27N3O4/c1-17-6-8-18(9-7-17)15-27-16-19(14-22(27)29)23(30)25-10-12-26(13-11-25)24(31)20-4-2-3-5-21(20)28/h2-9,19,28H,10-16H2,1H3. The summed E-state index contributed by atoms with van der Waals surface area (Å²) in [5.74, 6) is -0.616. The van der Waals surface area contributed by atoms with E-state index < -0.39 is 0 Å². The maximum absolute atomic E-state index is 13.0. The van der Waals surface area contributed by atoms with E-state index in [2.05, 4.69) is 0 Å². The number of carbonyl (C=O) groups excluding carboxylic acids is 3. The Kier molecular flexibility index (Phi) is 5.93. The van der Waals surface area contributed by atoms with Crippen LogP contribution in [0.25, 0.3) is 0 Å². The summed E-state index contributed by atoms with van der Waals surface area (Å²) < 4.78 is 0. The zero-order valence-corrected chi connectivity index (χ0v) is 17.7. The minimum absolute atomic E-state index is 0.00675. The number of nitrogens with zero attached hydrogens (tertiary/aromatic N) is 3. The second-order valence-corrected chi connectivity index (χ2v) is 8.30. The SMILES string of the molecule is Cc1ccc(CN2CC(C(=O)N3CCN(C(=O)c4ccccc4O)CC3)CC2=O)cc1. The predicted molar refractivity (Wildman–Crippen MR) is 115 cm³/mol. The fourth-order valence-electron chi connectivity index (χ4n) is 4.22. The van der Waals surface area contributed by atoms with Gasteiger partial charge in [0.05, 0.1) is 11.5 Å². The lowest BCUT2D eigenvalue weighted by molar-refractivity contribution is -0.137. The van der Waals surface area contributed by atoms with E-state index in [-0.39, 0.29) is 41.4 Å². The third-order valence-corrected chi connectivity index (χ3v) is 6.07. The van der Waals surface area contributed by atoms with E-state index in [0.29, 0.717) is 39.3 Å². The van der Waals surface area contributed by atoms with E-state index in [1.54, 1.807) is 32.9 Å². The third kappa shape index (κ3) is 4.55. The van der Waals surface area contributed by atoms with Crippen molar-refractivity contribution in [3.8, 4) is 5.75 Å². The first-order valence-corrected chi connectivity index (χ1v) is 10.6. The summed E-state index contributed by atoms with van der Waals surface area (Å²) in [5.41, 5.74) is 2.50. The summed E-state index contributed by atoms with van der Waals surface area (Å²) in [5, 5.41) is 9.92. The topological polar surface area (TPSA) is 81.2 Å². The quantitative estimate of drug-likeness (QED) is 0.819. The number of para-hydroxylation sites is 1. The number of piperazine rings is 1. The largest absolute Gasteiger partial charge is 0.507 e. The third-order valence-electron chi connectivity index (χ3n) is 6.07. The molecule has 0 saturated carbocycles. The Hall–Kier alpha value is -3.35.